The van der Waals surface area contributed by atoms with Gasteiger partial charge in [-0.25, -0.2) is 16.8 Å². The van der Waals surface area contributed by atoms with E-state index in [0.29, 0.717) is 39.0 Å². The summed E-state index contributed by atoms with van der Waals surface area (Å²) in [6, 6.07) is 20.5. The molecule has 2 heterocycles. The van der Waals surface area contributed by atoms with Crippen molar-refractivity contribution >= 4 is 78.3 Å². The Labute approximate surface area is 444 Å². The molecular formula is C53H59B2F6N3O11S2. The molecule has 2 aliphatic heterocycles. The molecule has 2 saturated heterocycles. The summed E-state index contributed by atoms with van der Waals surface area (Å²) in [4.78, 5) is 26.3. The molecule has 7 rings (SSSR count). The van der Waals surface area contributed by atoms with Crippen LogP contribution < -0.4 is 16.2 Å². The quantitative estimate of drug-likeness (QED) is 0.0250. The van der Waals surface area contributed by atoms with E-state index in [2.05, 4.69) is 18.5 Å². The van der Waals surface area contributed by atoms with Crippen LogP contribution in [0.15, 0.2) is 119 Å². The fourth-order valence-electron chi connectivity index (χ4n) is 9.14. The predicted molar refractivity (Wildman–Crippen MR) is 280 cm³/mol. The molecule has 2 N–H and O–H groups in total. The standard InChI is InChI=1S/C53H59B2F6N3O11S2/c1-33(2)48(67)62-24-14-25-63(29-36-28-38(77(70,71)53(59,60)61)20-22-46(36)55-74-50(6,7)51(8,9)75-55)31-43-39-15-10-12-17-41(39)44(42-18-13-11-16-40(42)43)32-64(26-23-47(65)66)30-35-27-37(76(68,69)52(56,57)58)19-21-45(35)54-72-34(3)49(4,5)73-54/h10-13,15-22,27-28H,1,3,14,23-26,29-32H2,2,4-9H3,(H,62,67)(H,65,66). The second-order valence-electron chi connectivity index (χ2n) is 20.7. The number of halogens is 6. The highest BCUT2D eigenvalue weighted by atomic mass is 32.2. The lowest BCUT2D eigenvalue weighted by atomic mass is 9.75. The molecule has 0 unspecified atom stereocenters. The average Bonchev–Trinajstić information content (AvgIpc) is 3.76. The van der Waals surface area contributed by atoms with Gasteiger partial charge in [0.05, 0.1) is 33.2 Å². The van der Waals surface area contributed by atoms with Crippen LogP contribution in [0, 0.1) is 0 Å². The lowest BCUT2D eigenvalue weighted by molar-refractivity contribution is -0.137. The van der Waals surface area contributed by atoms with Gasteiger partial charge < -0.3 is 29.0 Å². The summed E-state index contributed by atoms with van der Waals surface area (Å²) in [7, 11) is -14.0. The van der Waals surface area contributed by atoms with Gasteiger partial charge in [0, 0.05) is 56.8 Å². The molecule has 2 aliphatic rings. The molecule has 5 aromatic carbocycles. The molecule has 0 atom stereocenters. The minimum Gasteiger partial charge on any atom is -0.534 e. The molecule has 1 amide bonds. The van der Waals surface area contributed by atoms with E-state index in [1.807, 2.05) is 29.2 Å². The molecule has 0 aromatic heterocycles. The van der Waals surface area contributed by atoms with E-state index in [4.69, 9.17) is 18.6 Å². The van der Waals surface area contributed by atoms with Gasteiger partial charge in [0.15, 0.2) is 0 Å². The van der Waals surface area contributed by atoms with Crippen LogP contribution in [0.25, 0.3) is 21.5 Å². The maximum Gasteiger partial charge on any atom is 0.563 e. The van der Waals surface area contributed by atoms with Crippen LogP contribution in [-0.2, 0) is 74.1 Å². The van der Waals surface area contributed by atoms with Gasteiger partial charge in [-0.05, 0) is 128 Å². The number of carbonyl (C=O) groups is 2. The molecule has 24 heteroatoms. The first kappa shape index (κ1) is 58.9. The molecule has 2 fully saturated rings. The molecular weight excluding hydrogens is 1050 g/mol. The van der Waals surface area contributed by atoms with Gasteiger partial charge >= 0.3 is 31.2 Å². The van der Waals surface area contributed by atoms with Gasteiger partial charge in [-0.2, -0.15) is 26.3 Å². The Balaban J connectivity index is 1.35. The number of carboxylic acid groups (broad SMARTS) is 1. The van der Waals surface area contributed by atoms with Gasteiger partial charge in [0.25, 0.3) is 19.7 Å². The Kier molecular flexibility index (Phi) is 16.7. The molecule has 0 spiro atoms. The topological polar surface area (TPSA) is 178 Å². The summed E-state index contributed by atoms with van der Waals surface area (Å²) < 4.78 is 161. The Morgan fingerprint density at radius 3 is 1.44 bits per heavy atom. The van der Waals surface area contributed by atoms with Gasteiger partial charge in [0.1, 0.15) is 5.60 Å². The fraction of sp³-hybridized carbons (Fsp3) is 0.396. The first-order chi connectivity index (χ1) is 35.6. The molecule has 0 aliphatic carbocycles. The van der Waals surface area contributed by atoms with Gasteiger partial charge in [0.2, 0.25) is 5.91 Å². The number of nitrogens with one attached hydrogen (secondary N) is 1. The van der Waals surface area contributed by atoms with E-state index < -0.39 is 83.9 Å². The van der Waals surface area contributed by atoms with Crippen molar-refractivity contribution in [3.63, 3.8) is 0 Å². The molecule has 412 valence electrons. The Morgan fingerprint density at radius 2 is 1.06 bits per heavy atom. The summed E-state index contributed by atoms with van der Waals surface area (Å²) in [6.07, 6.45) is -0.112. The zero-order chi connectivity index (χ0) is 56.8. The van der Waals surface area contributed by atoms with Crippen LogP contribution in [0.3, 0.4) is 0 Å². The van der Waals surface area contributed by atoms with E-state index in [9.17, 15) is 57.9 Å². The largest absolute Gasteiger partial charge is 0.563 e. The zero-order valence-electron chi connectivity index (χ0n) is 43.5. The van der Waals surface area contributed by atoms with E-state index in [1.165, 1.54) is 12.1 Å². The highest BCUT2D eigenvalue weighted by Gasteiger charge is 2.53. The number of aliphatic carboxylic acids is 1. The van der Waals surface area contributed by atoms with Crippen LogP contribution in [0.4, 0.5) is 26.3 Å². The Bertz CT molecular complexity index is 3300. The molecule has 77 heavy (non-hydrogen) atoms. The van der Waals surface area contributed by atoms with Crippen LogP contribution in [0.2, 0.25) is 0 Å². The maximum atomic E-state index is 14.2. The Morgan fingerprint density at radius 1 is 0.649 bits per heavy atom. The number of carbonyl (C=O) groups excluding carboxylic acids is 1. The minimum atomic E-state index is -5.85. The highest BCUT2D eigenvalue weighted by molar-refractivity contribution is 7.92. The van der Waals surface area contributed by atoms with Crippen LogP contribution in [0.1, 0.15) is 83.6 Å². The monoisotopic (exact) mass is 1110 g/mol. The number of carboxylic acids is 1. The lowest BCUT2D eigenvalue weighted by Gasteiger charge is -2.32. The van der Waals surface area contributed by atoms with E-state index in [1.54, 1.807) is 77.6 Å². The zero-order valence-corrected chi connectivity index (χ0v) is 45.2. The van der Waals surface area contributed by atoms with Crippen molar-refractivity contribution in [3.05, 3.63) is 132 Å². The number of fused-ring (bicyclic) bond motifs is 2. The smallest absolute Gasteiger partial charge is 0.534 e. The SMILES string of the molecule is C=C(C)C(=O)NCCCN(Cc1cc(S(=O)(=O)C(F)(F)F)ccc1B1OC(C)(C)C(C)(C)O1)Cc1c2ccccc2c(CN(CCC(=O)O)Cc2cc(S(=O)(=O)C(F)(F)F)ccc2B2OC(=C)C(C)(C)O2)c2ccccc12. The van der Waals surface area contributed by atoms with Crippen molar-refractivity contribution in [1.82, 2.24) is 15.1 Å². The van der Waals surface area contributed by atoms with Crippen molar-refractivity contribution in [1.29, 1.82) is 0 Å². The average molecular weight is 1110 g/mol. The minimum absolute atomic E-state index is 0.0289. The molecule has 0 bridgehead atoms. The van der Waals surface area contributed by atoms with Crippen molar-refractivity contribution in [2.75, 3.05) is 19.6 Å². The van der Waals surface area contributed by atoms with Gasteiger partial charge in [-0.15, -0.1) is 0 Å². The molecule has 5 aromatic rings. The number of rotatable bonds is 20. The van der Waals surface area contributed by atoms with Gasteiger partial charge in [-0.3, -0.25) is 19.4 Å². The third kappa shape index (κ3) is 12.4. The number of benzene rings is 5. The summed E-state index contributed by atoms with van der Waals surface area (Å²) in [5.74, 6) is -1.36. The number of amides is 1. The van der Waals surface area contributed by atoms with Crippen LogP contribution in [-0.4, -0.2) is 105 Å². The summed E-state index contributed by atoms with van der Waals surface area (Å²) in [5.41, 5.74) is -11.7. The third-order valence-corrected chi connectivity index (χ3v) is 17.2. The number of nitrogens with zero attached hydrogens (tertiary/aromatic N) is 2. The summed E-state index contributed by atoms with van der Waals surface area (Å²) in [5, 5.41) is 15.5. The first-order valence-corrected chi connectivity index (χ1v) is 27.4. The lowest BCUT2D eigenvalue weighted by Crippen LogP contribution is -2.41. The van der Waals surface area contributed by atoms with E-state index in [-0.39, 0.29) is 79.6 Å². The first-order valence-electron chi connectivity index (χ1n) is 24.4. The number of sulfone groups is 2. The van der Waals surface area contributed by atoms with Crippen molar-refractivity contribution in [2.24, 2.45) is 0 Å². The highest BCUT2D eigenvalue weighted by Crippen LogP contribution is 2.40. The number of alkyl halides is 6. The summed E-state index contributed by atoms with van der Waals surface area (Å²) in [6.45, 7) is 19.5. The summed E-state index contributed by atoms with van der Waals surface area (Å²) >= 11 is 0. The maximum absolute atomic E-state index is 14.2. The number of hydrogen-bond acceptors (Lipinski definition) is 12. The van der Waals surface area contributed by atoms with E-state index in [0.717, 1.165) is 29.8 Å². The van der Waals surface area contributed by atoms with Crippen LogP contribution in [0.5, 0.6) is 0 Å². The molecule has 0 radical (unpaired) electrons. The van der Waals surface area contributed by atoms with Crippen molar-refractivity contribution in [3.8, 4) is 0 Å². The fourth-order valence-corrected chi connectivity index (χ4v) is 10.8. The Hall–Kier alpha value is -5.75. The predicted octanol–water partition coefficient (Wildman–Crippen LogP) is 8.48. The van der Waals surface area contributed by atoms with Gasteiger partial charge in [-0.1, -0.05) is 73.8 Å². The van der Waals surface area contributed by atoms with Crippen molar-refractivity contribution in [2.45, 2.75) is 125 Å². The normalized spacial score (nSPS) is 16.7. The second-order valence-corrected chi connectivity index (χ2v) is 24.6. The second kappa shape index (κ2) is 21.8. The molecule has 0 saturated carbocycles. The number of hydrogen-bond donors (Lipinski definition) is 2. The van der Waals surface area contributed by atoms with E-state index >= 15 is 0 Å². The molecule has 14 nitrogen and oxygen atoms in total. The van der Waals surface area contributed by atoms with Crippen molar-refractivity contribution < 1.29 is 76.5 Å². The third-order valence-electron chi connectivity index (χ3n) is 14.2. The van der Waals surface area contributed by atoms with Crippen LogP contribution >= 0.6 is 0 Å².